The predicted octanol–water partition coefficient (Wildman–Crippen LogP) is 1.06. The first kappa shape index (κ1) is 9.66. The van der Waals surface area contributed by atoms with Crippen molar-refractivity contribution in [1.82, 2.24) is 4.98 Å². The number of thiazole rings is 1. The van der Waals surface area contributed by atoms with Gasteiger partial charge in [-0.05, 0) is 0 Å². The summed E-state index contributed by atoms with van der Waals surface area (Å²) >= 11 is 1.26. The van der Waals surface area contributed by atoms with Crippen LogP contribution in [-0.4, -0.2) is 16.8 Å². The van der Waals surface area contributed by atoms with E-state index in [1.807, 2.05) is 0 Å². The molecule has 0 bridgehead atoms. The summed E-state index contributed by atoms with van der Waals surface area (Å²) in [4.78, 5) is 25.2. The number of hydrogen-bond donors (Lipinski definition) is 2. The van der Waals surface area contributed by atoms with Crippen LogP contribution in [0.5, 0.6) is 0 Å². The molecule has 0 unspecified atom stereocenters. The van der Waals surface area contributed by atoms with Crippen molar-refractivity contribution >= 4 is 34.1 Å². The van der Waals surface area contributed by atoms with E-state index < -0.39 is 0 Å². The number of anilines is 2. The van der Waals surface area contributed by atoms with Crippen LogP contribution < -0.4 is 10.6 Å². The van der Waals surface area contributed by atoms with E-state index in [4.69, 9.17) is 0 Å². The largest absolute Gasteiger partial charge is 0.310 e. The van der Waals surface area contributed by atoms with Crippen molar-refractivity contribution < 1.29 is 9.59 Å². The second-order valence-electron chi connectivity index (χ2n) is 2.40. The standard InChI is InChI=1S/C7H9N3O2S/c1-4(11)8-6-3-13-7(10-6)9-5(2)12/h3H,1-2H3,(H,8,11)(H,9,10,12). The molecule has 0 radical (unpaired) electrons. The molecule has 2 amide bonds. The van der Waals surface area contributed by atoms with Gasteiger partial charge in [0.25, 0.3) is 0 Å². The summed E-state index contributed by atoms with van der Waals surface area (Å²) in [6.07, 6.45) is 0. The van der Waals surface area contributed by atoms with Gasteiger partial charge in [-0.2, -0.15) is 0 Å². The van der Waals surface area contributed by atoms with Crippen molar-refractivity contribution in [2.45, 2.75) is 13.8 Å². The highest BCUT2D eigenvalue weighted by atomic mass is 32.1. The second kappa shape index (κ2) is 3.99. The Morgan fingerprint density at radius 2 is 1.92 bits per heavy atom. The summed E-state index contributed by atoms with van der Waals surface area (Å²) < 4.78 is 0. The molecule has 0 atom stereocenters. The maximum atomic E-state index is 10.6. The van der Waals surface area contributed by atoms with Crippen LogP contribution in [0.4, 0.5) is 10.9 Å². The van der Waals surface area contributed by atoms with Gasteiger partial charge in [-0.1, -0.05) is 0 Å². The Morgan fingerprint density at radius 1 is 1.31 bits per heavy atom. The highest BCUT2D eigenvalue weighted by Gasteiger charge is 2.03. The molecule has 1 rings (SSSR count). The predicted molar refractivity (Wildman–Crippen MR) is 50.7 cm³/mol. The number of nitrogens with one attached hydrogen (secondary N) is 2. The summed E-state index contributed by atoms with van der Waals surface area (Å²) in [6, 6.07) is 0. The highest BCUT2D eigenvalue weighted by molar-refractivity contribution is 7.14. The van der Waals surface area contributed by atoms with Crippen molar-refractivity contribution in [3.05, 3.63) is 5.38 Å². The van der Waals surface area contributed by atoms with Gasteiger partial charge >= 0.3 is 0 Å². The van der Waals surface area contributed by atoms with Crippen molar-refractivity contribution in [3.63, 3.8) is 0 Å². The molecule has 5 nitrogen and oxygen atoms in total. The molecule has 1 aromatic rings. The zero-order chi connectivity index (χ0) is 9.84. The summed E-state index contributed by atoms with van der Waals surface area (Å²) in [5, 5.41) is 7.17. The molecule has 1 aromatic heterocycles. The third-order valence-corrected chi connectivity index (χ3v) is 1.85. The van der Waals surface area contributed by atoms with Crippen molar-refractivity contribution in [2.75, 3.05) is 10.6 Å². The molecule has 0 fully saturated rings. The SMILES string of the molecule is CC(=O)Nc1csc(NC(C)=O)n1. The van der Waals surface area contributed by atoms with E-state index in [0.717, 1.165) is 0 Å². The Balaban J connectivity index is 2.63. The minimum absolute atomic E-state index is 0.177. The Kier molecular flexibility index (Phi) is 2.97. The molecule has 2 N–H and O–H groups in total. The molecule has 0 saturated carbocycles. The summed E-state index contributed by atoms with van der Waals surface area (Å²) in [5.41, 5.74) is 0. The smallest absolute Gasteiger partial charge is 0.223 e. The Hall–Kier alpha value is -1.43. The number of hydrogen-bond acceptors (Lipinski definition) is 4. The average molecular weight is 199 g/mol. The molecule has 0 aromatic carbocycles. The highest BCUT2D eigenvalue weighted by Crippen LogP contribution is 2.18. The maximum absolute atomic E-state index is 10.6. The third kappa shape index (κ3) is 3.20. The average Bonchev–Trinajstić information content (AvgIpc) is 2.33. The van der Waals surface area contributed by atoms with E-state index in [9.17, 15) is 9.59 Å². The Labute approximate surface area is 79.2 Å². The van der Waals surface area contributed by atoms with Crippen LogP contribution in [0.15, 0.2) is 5.38 Å². The van der Waals surface area contributed by atoms with Gasteiger partial charge in [0.05, 0.1) is 0 Å². The minimum Gasteiger partial charge on any atom is -0.310 e. The Bertz CT molecular complexity index is 304. The lowest BCUT2D eigenvalue weighted by Crippen LogP contribution is -2.07. The summed E-state index contributed by atoms with van der Waals surface area (Å²) in [5.74, 6) is 0.102. The lowest BCUT2D eigenvalue weighted by molar-refractivity contribution is -0.115. The van der Waals surface area contributed by atoms with Gasteiger partial charge in [-0.15, -0.1) is 11.3 Å². The summed E-state index contributed by atoms with van der Waals surface area (Å²) in [7, 11) is 0. The van der Waals surface area contributed by atoms with Gasteiger partial charge < -0.3 is 10.6 Å². The maximum Gasteiger partial charge on any atom is 0.223 e. The monoisotopic (exact) mass is 199 g/mol. The fraction of sp³-hybridized carbons (Fsp3) is 0.286. The lowest BCUT2D eigenvalue weighted by Gasteiger charge is -1.95. The van der Waals surface area contributed by atoms with Gasteiger partial charge in [-0.3, -0.25) is 9.59 Å². The summed E-state index contributed by atoms with van der Waals surface area (Å²) in [6.45, 7) is 2.80. The van der Waals surface area contributed by atoms with Gasteiger partial charge in [-0.25, -0.2) is 4.98 Å². The van der Waals surface area contributed by atoms with Crippen molar-refractivity contribution in [1.29, 1.82) is 0 Å². The van der Waals surface area contributed by atoms with Gasteiger partial charge in [0.15, 0.2) is 5.13 Å². The van der Waals surface area contributed by atoms with Crippen molar-refractivity contribution in [2.24, 2.45) is 0 Å². The van der Waals surface area contributed by atoms with Gasteiger partial charge in [0.1, 0.15) is 5.82 Å². The molecule has 13 heavy (non-hydrogen) atoms. The normalized spacial score (nSPS) is 9.38. The van der Waals surface area contributed by atoms with Crippen LogP contribution in [0.3, 0.4) is 0 Å². The van der Waals surface area contributed by atoms with Crippen LogP contribution in [0.1, 0.15) is 13.8 Å². The number of nitrogens with zero attached hydrogens (tertiary/aromatic N) is 1. The molecule has 0 aliphatic heterocycles. The first-order valence-electron chi connectivity index (χ1n) is 3.58. The molecule has 6 heteroatoms. The second-order valence-corrected chi connectivity index (χ2v) is 3.26. The van der Waals surface area contributed by atoms with E-state index in [1.54, 1.807) is 5.38 Å². The molecule has 0 aliphatic carbocycles. The van der Waals surface area contributed by atoms with E-state index in [1.165, 1.54) is 25.2 Å². The molecular formula is C7H9N3O2S. The number of amides is 2. The zero-order valence-corrected chi connectivity index (χ0v) is 8.07. The van der Waals surface area contributed by atoms with Gasteiger partial charge in [0.2, 0.25) is 11.8 Å². The van der Waals surface area contributed by atoms with Crippen LogP contribution in [0, 0.1) is 0 Å². The first-order valence-corrected chi connectivity index (χ1v) is 4.46. The minimum atomic E-state index is -0.181. The topological polar surface area (TPSA) is 71.1 Å². The Morgan fingerprint density at radius 3 is 2.46 bits per heavy atom. The van der Waals surface area contributed by atoms with E-state index in [2.05, 4.69) is 15.6 Å². The van der Waals surface area contributed by atoms with E-state index in [-0.39, 0.29) is 11.8 Å². The van der Waals surface area contributed by atoms with E-state index in [0.29, 0.717) is 10.9 Å². The number of carbonyl (C=O) groups excluding carboxylic acids is 2. The molecule has 0 aliphatic rings. The van der Waals surface area contributed by atoms with Crippen LogP contribution in [0.2, 0.25) is 0 Å². The molecule has 0 spiro atoms. The van der Waals surface area contributed by atoms with Crippen LogP contribution >= 0.6 is 11.3 Å². The number of aromatic nitrogens is 1. The quantitative estimate of drug-likeness (QED) is 0.748. The lowest BCUT2D eigenvalue weighted by atomic mass is 10.6. The molecular weight excluding hydrogens is 190 g/mol. The zero-order valence-electron chi connectivity index (χ0n) is 7.25. The molecule has 70 valence electrons. The van der Waals surface area contributed by atoms with Crippen LogP contribution in [0.25, 0.3) is 0 Å². The number of rotatable bonds is 2. The first-order chi connectivity index (χ1) is 6.08. The fourth-order valence-electron chi connectivity index (χ4n) is 0.720. The molecule has 0 saturated heterocycles. The van der Waals surface area contributed by atoms with E-state index >= 15 is 0 Å². The number of carbonyl (C=O) groups is 2. The molecule has 1 heterocycles. The van der Waals surface area contributed by atoms with Crippen molar-refractivity contribution in [3.8, 4) is 0 Å². The van der Waals surface area contributed by atoms with Gasteiger partial charge in [0, 0.05) is 19.2 Å². The third-order valence-electron chi connectivity index (χ3n) is 1.09. The fourth-order valence-corrected chi connectivity index (χ4v) is 1.41. The van der Waals surface area contributed by atoms with Crippen LogP contribution in [-0.2, 0) is 9.59 Å².